The minimum atomic E-state index is -1.11. The van der Waals surface area contributed by atoms with Crippen LogP contribution in [0.15, 0.2) is 36.5 Å². The predicted molar refractivity (Wildman–Crippen MR) is 193 cm³/mol. The van der Waals surface area contributed by atoms with Crippen molar-refractivity contribution >= 4 is 46.9 Å². The quantitative estimate of drug-likeness (QED) is 0.108. The van der Waals surface area contributed by atoms with Crippen LogP contribution in [0.5, 0.6) is 5.75 Å². The van der Waals surface area contributed by atoms with E-state index in [1.54, 1.807) is 6.20 Å². The number of amides is 6. The van der Waals surface area contributed by atoms with Gasteiger partial charge in [0.2, 0.25) is 17.7 Å². The molecule has 54 heavy (non-hydrogen) atoms. The van der Waals surface area contributed by atoms with Gasteiger partial charge >= 0.3 is 0 Å². The van der Waals surface area contributed by atoms with Crippen molar-refractivity contribution in [1.82, 2.24) is 35.4 Å². The minimum absolute atomic E-state index is 0.00572. The number of piperidine rings is 1. The molecule has 6 rings (SSSR count). The van der Waals surface area contributed by atoms with Crippen molar-refractivity contribution in [2.75, 3.05) is 44.9 Å². The summed E-state index contributed by atoms with van der Waals surface area (Å²) in [5, 5.41) is 15.9. The summed E-state index contributed by atoms with van der Waals surface area (Å²) in [6, 6.07) is 7.54. The molecule has 1 saturated carbocycles. The number of hydrogen-bond donors (Lipinski definition) is 4. The Morgan fingerprint density at radius 3 is 2.54 bits per heavy atom. The second-order valence-electron chi connectivity index (χ2n) is 13.5. The Hall–Kier alpha value is -5.42. The third-order valence-corrected chi connectivity index (χ3v) is 9.90. The molecule has 3 aliphatic rings. The summed E-state index contributed by atoms with van der Waals surface area (Å²) in [5.41, 5.74) is 1.89. The van der Waals surface area contributed by atoms with Crippen LogP contribution >= 0.6 is 0 Å². The van der Waals surface area contributed by atoms with Gasteiger partial charge in [-0.25, -0.2) is 4.98 Å². The Morgan fingerprint density at radius 1 is 0.944 bits per heavy atom. The number of imide groups is 2. The lowest BCUT2D eigenvalue weighted by atomic mass is 9.99. The first kappa shape index (κ1) is 38.3. The van der Waals surface area contributed by atoms with Crippen molar-refractivity contribution in [3.63, 3.8) is 0 Å². The number of anilines is 1. The van der Waals surface area contributed by atoms with E-state index in [1.165, 1.54) is 18.2 Å². The third kappa shape index (κ3) is 8.85. The summed E-state index contributed by atoms with van der Waals surface area (Å²) in [7, 11) is 0. The molecule has 1 unspecified atom stereocenters. The van der Waals surface area contributed by atoms with Gasteiger partial charge in [-0.2, -0.15) is 9.61 Å². The normalized spacial score (nSPS) is 19.7. The molecule has 0 bridgehead atoms. The standard InChI is InChI=1S/C37H46N8O9/c1-3-22(4-2)26-19-30(45-29(42-26)12-13-39-45)40-23-8-9-24(18-23)41-33(48)20-53-17-16-52-15-14-38-32(47)21-54-28-7-5-6-25-34(28)37(51)44(36(25)50)27-10-11-31(46)43-35(27)49/h5-7,12-13,19,22-24,27,40H,3-4,8-11,14-18,20-21H2,1-2H3,(H,38,47)(H,41,48)(H,43,46,49)/t23-,24-,27?/m0/s1. The fraction of sp³-hybridized carbons (Fsp3) is 0.514. The Morgan fingerprint density at radius 2 is 1.74 bits per heavy atom. The topological polar surface area (TPSA) is 212 Å². The maximum Gasteiger partial charge on any atom is 0.266 e. The zero-order valence-electron chi connectivity index (χ0n) is 30.4. The number of ether oxygens (including phenoxy) is 3. The molecule has 2 aromatic heterocycles. The number of nitrogens with zero attached hydrogens (tertiary/aromatic N) is 4. The van der Waals surface area contributed by atoms with Crippen molar-refractivity contribution < 1.29 is 43.0 Å². The lowest BCUT2D eigenvalue weighted by Crippen LogP contribution is -2.54. The molecular formula is C37H46N8O9. The first-order valence-corrected chi connectivity index (χ1v) is 18.5. The molecule has 4 heterocycles. The van der Waals surface area contributed by atoms with Crippen LogP contribution in [-0.4, -0.2) is 113 Å². The molecule has 288 valence electrons. The average molecular weight is 747 g/mol. The molecule has 1 aliphatic carbocycles. The second-order valence-corrected chi connectivity index (χ2v) is 13.5. The Labute approximate surface area is 311 Å². The molecule has 1 saturated heterocycles. The molecule has 3 atom stereocenters. The van der Waals surface area contributed by atoms with Crippen LogP contribution in [0.2, 0.25) is 0 Å². The van der Waals surface area contributed by atoms with Crippen LogP contribution < -0.4 is 26.0 Å². The van der Waals surface area contributed by atoms with Crippen LogP contribution in [0.4, 0.5) is 5.82 Å². The molecule has 2 aliphatic heterocycles. The fourth-order valence-corrected chi connectivity index (χ4v) is 7.12. The van der Waals surface area contributed by atoms with E-state index in [1.807, 2.05) is 10.6 Å². The average Bonchev–Trinajstić information content (AvgIpc) is 3.88. The van der Waals surface area contributed by atoms with E-state index >= 15 is 0 Å². The number of carbonyl (C=O) groups excluding carboxylic acids is 6. The van der Waals surface area contributed by atoms with E-state index in [0.717, 1.165) is 54.2 Å². The number of benzene rings is 1. The van der Waals surface area contributed by atoms with Crippen LogP contribution in [0.3, 0.4) is 0 Å². The van der Waals surface area contributed by atoms with Gasteiger partial charge in [-0.3, -0.25) is 39.0 Å². The largest absolute Gasteiger partial charge is 0.483 e. The molecular weight excluding hydrogens is 700 g/mol. The summed E-state index contributed by atoms with van der Waals surface area (Å²) in [6.07, 6.45) is 6.36. The number of carbonyl (C=O) groups is 6. The van der Waals surface area contributed by atoms with Crippen molar-refractivity contribution in [3.05, 3.63) is 53.3 Å². The Bertz CT molecular complexity index is 1890. The van der Waals surface area contributed by atoms with Gasteiger partial charge in [0.25, 0.3) is 17.7 Å². The Balaban J connectivity index is 0.837. The van der Waals surface area contributed by atoms with Crippen molar-refractivity contribution in [1.29, 1.82) is 0 Å². The monoisotopic (exact) mass is 746 g/mol. The Kier molecular flexibility index (Phi) is 12.5. The highest BCUT2D eigenvalue weighted by Crippen LogP contribution is 2.34. The summed E-state index contributed by atoms with van der Waals surface area (Å²) >= 11 is 0. The van der Waals surface area contributed by atoms with Crippen LogP contribution in [0.1, 0.15) is 91.1 Å². The van der Waals surface area contributed by atoms with Gasteiger partial charge in [-0.15, -0.1) is 0 Å². The summed E-state index contributed by atoms with van der Waals surface area (Å²) in [6.45, 7) is 4.61. The van der Waals surface area contributed by atoms with Gasteiger partial charge in [0.1, 0.15) is 24.2 Å². The maximum atomic E-state index is 13.2. The van der Waals surface area contributed by atoms with E-state index < -0.39 is 42.2 Å². The fourth-order valence-electron chi connectivity index (χ4n) is 7.12. The first-order chi connectivity index (χ1) is 26.2. The number of aromatic nitrogens is 3. The van der Waals surface area contributed by atoms with E-state index in [0.29, 0.717) is 5.92 Å². The number of hydrogen-bond acceptors (Lipinski definition) is 12. The van der Waals surface area contributed by atoms with Gasteiger partial charge in [0.15, 0.2) is 12.3 Å². The lowest BCUT2D eigenvalue weighted by molar-refractivity contribution is -0.136. The van der Waals surface area contributed by atoms with Gasteiger partial charge in [-0.05, 0) is 50.7 Å². The molecule has 1 aromatic carbocycles. The molecule has 3 aromatic rings. The van der Waals surface area contributed by atoms with Gasteiger partial charge in [-0.1, -0.05) is 19.9 Å². The number of nitrogens with one attached hydrogen (secondary N) is 4. The van der Waals surface area contributed by atoms with E-state index in [9.17, 15) is 28.8 Å². The highest BCUT2D eigenvalue weighted by molar-refractivity contribution is 6.24. The zero-order chi connectivity index (χ0) is 38.2. The second kappa shape index (κ2) is 17.6. The van der Waals surface area contributed by atoms with Crippen LogP contribution in [-0.2, 0) is 28.7 Å². The molecule has 0 spiro atoms. The predicted octanol–water partition coefficient (Wildman–Crippen LogP) is 1.71. The van der Waals surface area contributed by atoms with Gasteiger partial charge < -0.3 is 30.2 Å². The zero-order valence-corrected chi connectivity index (χ0v) is 30.4. The van der Waals surface area contributed by atoms with E-state index in [2.05, 4.69) is 46.3 Å². The highest BCUT2D eigenvalue weighted by Gasteiger charge is 2.46. The molecule has 0 radical (unpaired) electrons. The summed E-state index contributed by atoms with van der Waals surface area (Å²) < 4.78 is 18.4. The van der Waals surface area contributed by atoms with Crippen molar-refractivity contribution in [3.8, 4) is 5.75 Å². The molecule has 4 N–H and O–H groups in total. The van der Waals surface area contributed by atoms with Crippen LogP contribution in [0, 0.1) is 0 Å². The molecule has 17 nitrogen and oxygen atoms in total. The van der Waals surface area contributed by atoms with Gasteiger partial charge in [0.05, 0.1) is 37.1 Å². The molecule has 6 amide bonds. The maximum absolute atomic E-state index is 13.2. The highest BCUT2D eigenvalue weighted by atomic mass is 16.5. The van der Waals surface area contributed by atoms with E-state index in [4.69, 9.17) is 19.2 Å². The molecule has 2 fully saturated rings. The smallest absolute Gasteiger partial charge is 0.266 e. The lowest BCUT2D eigenvalue weighted by Gasteiger charge is -2.27. The van der Waals surface area contributed by atoms with E-state index in [-0.39, 0.29) is 80.7 Å². The SMILES string of the molecule is CCC(CC)c1cc(N[C@H]2CC[C@H](NC(=O)COCCOCCNC(=O)COc3cccc4c3C(=O)N(C3CCC(=O)NC3=O)C4=O)C2)n2nccc2n1. The number of rotatable bonds is 18. The number of fused-ring (bicyclic) bond motifs is 2. The minimum Gasteiger partial charge on any atom is -0.483 e. The van der Waals surface area contributed by atoms with Crippen molar-refractivity contribution in [2.45, 2.75) is 82.8 Å². The summed E-state index contributed by atoms with van der Waals surface area (Å²) in [4.78, 5) is 80.6. The molecule has 17 heteroatoms. The van der Waals surface area contributed by atoms with Crippen molar-refractivity contribution in [2.24, 2.45) is 0 Å². The summed E-state index contributed by atoms with van der Waals surface area (Å²) in [5.74, 6) is -1.91. The van der Waals surface area contributed by atoms with Crippen LogP contribution in [0.25, 0.3) is 5.65 Å². The van der Waals surface area contributed by atoms with Gasteiger partial charge in [0, 0.05) is 48.8 Å². The first-order valence-electron chi connectivity index (χ1n) is 18.5. The third-order valence-electron chi connectivity index (χ3n) is 9.90.